The predicted octanol–water partition coefficient (Wildman–Crippen LogP) is 1.83. The van der Waals surface area contributed by atoms with Crippen LogP contribution >= 0.6 is 0 Å². The smallest absolute Gasteiger partial charge is 0.253 e. The topological polar surface area (TPSA) is 65.5 Å². The third-order valence-electron chi connectivity index (χ3n) is 4.63. The zero-order chi connectivity index (χ0) is 17.6. The lowest BCUT2D eigenvalue weighted by Gasteiger charge is -2.38. The van der Waals surface area contributed by atoms with Crippen LogP contribution in [0.25, 0.3) is 0 Å². The summed E-state index contributed by atoms with van der Waals surface area (Å²) in [6, 6.07) is 9.77. The van der Waals surface area contributed by atoms with Gasteiger partial charge in [-0.25, -0.2) is 4.39 Å². The molecular formula is C19H22FN3O2. The van der Waals surface area contributed by atoms with Gasteiger partial charge in [-0.2, -0.15) is 0 Å². The van der Waals surface area contributed by atoms with Gasteiger partial charge in [0, 0.05) is 44.0 Å². The van der Waals surface area contributed by atoms with E-state index in [9.17, 15) is 14.3 Å². The molecule has 1 aromatic carbocycles. The Hall–Kier alpha value is -2.31. The lowest BCUT2D eigenvalue weighted by atomic mass is 9.91. The van der Waals surface area contributed by atoms with Crippen LogP contribution in [0.2, 0.25) is 0 Å². The van der Waals surface area contributed by atoms with Crippen LogP contribution in [0.1, 0.15) is 22.3 Å². The van der Waals surface area contributed by atoms with Gasteiger partial charge in [0.25, 0.3) is 5.91 Å². The Labute approximate surface area is 146 Å². The van der Waals surface area contributed by atoms with Crippen LogP contribution in [0.15, 0.2) is 48.8 Å². The monoisotopic (exact) mass is 343 g/mol. The van der Waals surface area contributed by atoms with Crippen LogP contribution in [-0.4, -0.2) is 46.6 Å². The highest BCUT2D eigenvalue weighted by atomic mass is 19.1. The number of halogens is 1. The molecule has 5 nitrogen and oxygen atoms in total. The molecule has 1 amide bonds. The van der Waals surface area contributed by atoms with E-state index in [4.69, 9.17) is 0 Å². The number of pyridine rings is 1. The molecule has 1 saturated heterocycles. The molecule has 0 unspecified atom stereocenters. The molecule has 3 rings (SSSR count). The number of aliphatic hydroxyl groups excluding tert-OH is 1. The third kappa shape index (κ3) is 4.61. The quantitative estimate of drug-likeness (QED) is 0.869. The number of rotatable bonds is 5. The number of hydrogen-bond donors (Lipinski definition) is 2. The average molecular weight is 343 g/mol. The van der Waals surface area contributed by atoms with Crippen LogP contribution in [-0.2, 0) is 6.54 Å². The normalized spacial score (nSPS) is 21.0. The second kappa shape index (κ2) is 8.18. The van der Waals surface area contributed by atoms with E-state index in [1.54, 1.807) is 30.5 Å². The van der Waals surface area contributed by atoms with Crippen molar-refractivity contribution < 1.29 is 14.3 Å². The summed E-state index contributed by atoms with van der Waals surface area (Å²) in [5, 5.41) is 12.6. The van der Waals surface area contributed by atoms with Gasteiger partial charge in [-0.3, -0.25) is 14.7 Å². The molecule has 1 aliphatic heterocycles. The number of nitrogens with one attached hydrogen (secondary N) is 1. The van der Waals surface area contributed by atoms with E-state index in [2.05, 4.69) is 15.2 Å². The number of carbonyl (C=O) groups excluding carboxylic acids is 1. The van der Waals surface area contributed by atoms with Gasteiger partial charge < -0.3 is 10.4 Å². The first kappa shape index (κ1) is 17.5. The Morgan fingerprint density at radius 1 is 1.32 bits per heavy atom. The molecule has 2 N–H and O–H groups in total. The van der Waals surface area contributed by atoms with E-state index in [-0.39, 0.29) is 30.3 Å². The van der Waals surface area contributed by atoms with Gasteiger partial charge >= 0.3 is 0 Å². The van der Waals surface area contributed by atoms with Crippen LogP contribution in [0.5, 0.6) is 0 Å². The number of aliphatic hydroxyl groups is 1. The molecule has 0 saturated carbocycles. The molecule has 1 aliphatic rings. The molecule has 25 heavy (non-hydrogen) atoms. The fourth-order valence-corrected chi connectivity index (χ4v) is 3.19. The van der Waals surface area contributed by atoms with Crippen molar-refractivity contribution in [2.75, 3.05) is 19.7 Å². The van der Waals surface area contributed by atoms with E-state index >= 15 is 0 Å². The van der Waals surface area contributed by atoms with E-state index in [1.807, 2.05) is 0 Å². The highest BCUT2D eigenvalue weighted by molar-refractivity contribution is 5.94. The highest BCUT2D eigenvalue weighted by Gasteiger charge is 2.30. The van der Waals surface area contributed by atoms with Crippen molar-refractivity contribution in [3.8, 4) is 0 Å². The molecule has 0 spiro atoms. The number of amides is 1. The summed E-state index contributed by atoms with van der Waals surface area (Å²) in [7, 11) is 0. The van der Waals surface area contributed by atoms with Crippen molar-refractivity contribution in [1.29, 1.82) is 0 Å². The zero-order valence-electron chi connectivity index (χ0n) is 13.9. The van der Waals surface area contributed by atoms with Gasteiger partial charge in [0.15, 0.2) is 0 Å². The van der Waals surface area contributed by atoms with Gasteiger partial charge in [-0.05, 0) is 42.8 Å². The van der Waals surface area contributed by atoms with Crippen molar-refractivity contribution in [3.05, 3.63) is 65.7 Å². The van der Waals surface area contributed by atoms with Gasteiger partial charge in [-0.15, -0.1) is 0 Å². The Balaban J connectivity index is 1.64. The first-order chi connectivity index (χ1) is 12.2. The molecule has 0 radical (unpaired) electrons. The van der Waals surface area contributed by atoms with E-state index in [0.717, 1.165) is 18.5 Å². The molecule has 132 valence electrons. The number of likely N-dealkylation sites (tertiary alicyclic amines) is 1. The van der Waals surface area contributed by atoms with E-state index in [1.165, 1.54) is 18.3 Å². The molecule has 0 aliphatic carbocycles. The van der Waals surface area contributed by atoms with E-state index < -0.39 is 0 Å². The van der Waals surface area contributed by atoms with Gasteiger partial charge in [-0.1, -0.05) is 12.1 Å². The Morgan fingerprint density at radius 2 is 2.12 bits per heavy atom. The van der Waals surface area contributed by atoms with Gasteiger partial charge in [0.05, 0.1) is 5.56 Å². The predicted molar refractivity (Wildman–Crippen MR) is 92.4 cm³/mol. The minimum Gasteiger partial charge on any atom is -0.396 e. The van der Waals surface area contributed by atoms with Crippen molar-refractivity contribution in [1.82, 2.24) is 15.2 Å². The lowest BCUT2D eigenvalue weighted by molar-refractivity contribution is 0.0730. The Bertz CT molecular complexity index is 694. The summed E-state index contributed by atoms with van der Waals surface area (Å²) in [6.07, 6.45) is 3.95. The molecule has 1 aromatic heterocycles. The largest absolute Gasteiger partial charge is 0.396 e. The van der Waals surface area contributed by atoms with Crippen LogP contribution < -0.4 is 5.32 Å². The van der Waals surface area contributed by atoms with Gasteiger partial charge in [0.1, 0.15) is 5.82 Å². The minimum absolute atomic E-state index is 0.0325. The Kier molecular flexibility index (Phi) is 5.73. The molecule has 2 aromatic rings. The number of aromatic nitrogens is 1. The number of benzene rings is 1. The molecule has 2 atom stereocenters. The fraction of sp³-hybridized carbons (Fsp3) is 0.368. The number of nitrogens with zero attached hydrogens (tertiary/aromatic N) is 2. The molecular weight excluding hydrogens is 321 g/mol. The number of carbonyl (C=O) groups is 1. The van der Waals surface area contributed by atoms with Gasteiger partial charge in [0.2, 0.25) is 0 Å². The molecule has 6 heteroatoms. The summed E-state index contributed by atoms with van der Waals surface area (Å²) in [6.45, 7) is 2.22. The fourth-order valence-electron chi connectivity index (χ4n) is 3.19. The maximum absolute atomic E-state index is 13.0. The maximum Gasteiger partial charge on any atom is 0.253 e. The van der Waals surface area contributed by atoms with Crippen molar-refractivity contribution in [3.63, 3.8) is 0 Å². The van der Waals surface area contributed by atoms with Crippen molar-refractivity contribution in [2.24, 2.45) is 5.92 Å². The maximum atomic E-state index is 13.0. The van der Waals surface area contributed by atoms with E-state index in [0.29, 0.717) is 18.7 Å². The van der Waals surface area contributed by atoms with Crippen LogP contribution in [0.4, 0.5) is 4.39 Å². The second-order valence-electron chi connectivity index (χ2n) is 6.41. The first-order valence-electron chi connectivity index (χ1n) is 8.44. The number of hydrogen-bond acceptors (Lipinski definition) is 4. The SMILES string of the molecule is O=C(N[C@@H]1CN(Cc2ccc(F)cc2)CC[C@@H]1CO)c1cccnc1. The van der Waals surface area contributed by atoms with Crippen LogP contribution in [0, 0.1) is 11.7 Å². The summed E-state index contributed by atoms with van der Waals surface area (Å²) in [5.41, 5.74) is 1.54. The summed E-state index contributed by atoms with van der Waals surface area (Å²) < 4.78 is 13.0. The summed E-state index contributed by atoms with van der Waals surface area (Å²) in [4.78, 5) is 18.6. The molecule has 1 fully saturated rings. The zero-order valence-corrected chi connectivity index (χ0v) is 13.9. The van der Waals surface area contributed by atoms with Crippen molar-refractivity contribution in [2.45, 2.75) is 19.0 Å². The summed E-state index contributed by atoms with van der Waals surface area (Å²) >= 11 is 0. The third-order valence-corrected chi connectivity index (χ3v) is 4.63. The number of piperidine rings is 1. The minimum atomic E-state index is -0.246. The van der Waals surface area contributed by atoms with Crippen LogP contribution in [0.3, 0.4) is 0 Å². The lowest BCUT2D eigenvalue weighted by Crippen LogP contribution is -2.53. The second-order valence-corrected chi connectivity index (χ2v) is 6.41. The molecule has 0 bridgehead atoms. The van der Waals surface area contributed by atoms with Crippen molar-refractivity contribution >= 4 is 5.91 Å². The first-order valence-corrected chi connectivity index (χ1v) is 8.44. The molecule has 2 heterocycles. The summed E-state index contributed by atoms with van der Waals surface area (Å²) in [5.74, 6) is -0.394. The average Bonchev–Trinajstić information content (AvgIpc) is 2.64. The highest BCUT2D eigenvalue weighted by Crippen LogP contribution is 2.20. The Morgan fingerprint density at radius 3 is 2.80 bits per heavy atom. The standard InChI is InChI=1S/C19H22FN3O2/c20-17-5-3-14(4-6-17)11-23-9-7-16(13-24)18(12-23)22-19(25)15-2-1-8-21-10-15/h1-6,8,10,16,18,24H,7,9,11-13H2,(H,22,25)/t16-,18-/m1/s1.